The van der Waals surface area contributed by atoms with Crippen LogP contribution in [0.5, 0.6) is 0 Å². The molecule has 1 aliphatic rings. The van der Waals surface area contributed by atoms with E-state index in [1.54, 1.807) is 18.2 Å². The van der Waals surface area contributed by atoms with Gasteiger partial charge in [0, 0.05) is 12.1 Å². The van der Waals surface area contributed by atoms with Gasteiger partial charge in [0.15, 0.2) is 0 Å². The summed E-state index contributed by atoms with van der Waals surface area (Å²) in [5.74, 6) is 0.496. The van der Waals surface area contributed by atoms with Crippen molar-refractivity contribution in [1.29, 1.82) is 0 Å². The van der Waals surface area contributed by atoms with E-state index in [2.05, 4.69) is 19.8 Å². The quantitative estimate of drug-likeness (QED) is 0.846. The smallest absolute Gasteiger partial charge is 0.344 e. The van der Waals surface area contributed by atoms with Crippen molar-refractivity contribution < 1.29 is 18.3 Å². The van der Waals surface area contributed by atoms with Crippen LogP contribution in [0.15, 0.2) is 24.3 Å². The van der Waals surface area contributed by atoms with Crippen LogP contribution < -0.4 is 5.32 Å². The van der Waals surface area contributed by atoms with Crippen LogP contribution in [-0.2, 0) is 9.47 Å². The first-order valence-electron chi connectivity index (χ1n) is 6.46. The van der Waals surface area contributed by atoms with Crippen LogP contribution in [0.2, 0.25) is 0 Å². The molecule has 0 aliphatic carbocycles. The maximum atomic E-state index is 13.5. The number of halogens is 2. The van der Waals surface area contributed by atoms with E-state index in [0.717, 1.165) is 11.3 Å². The van der Waals surface area contributed by atoms with Crippen molar-refractivity contribution in [3.05, 3.63) is 35.5 Å². The minimum atomic E-state index is -3.62. The summed E-state index contributed by atoms with van der Waals surface area (Å²) in [7, 11) is 0. The van der Waals surface area contributed by atoms with E-state index >= 15 is 0 Å². The molecule has 6 heteroatoms. The van der Waals surface area contributed by atoms with Gasteiger partial charge in [-0.25, -0.2) is 4.98 Å². The second kappa shape index (κ2) is 5.85. The molecular formula is C14H18F2N2O2. The Bertz CT molecular complexity index is 506. The van der Waals surface area contributed by atoms with E-state index in [9.17, 15) is 8.78 Å². The highest BCUT2D eigenvalue weighted by Crippen LogP contribution is 2.26. The van der Waals surface area contributed by atoms with Crippen LogP contribution in [0.1, 0.15) is 24.6 Å². The van der Waals surface area contributed by atoms with Crippen molar-refractivity contribution in [2.75, 3.05) is 5.32 Å². The molecule has 1 N–H and O–H groups in total. The molecule has 1 aromatic rings. The number of ether oxygens (including phenoxy) is 2. The third-order valence-electron chi connectivity index (χ3n) is 3.02. The average Bonchev–Trinajstić information content (AvgIpc) is 2.31. The number of aromatic nitrogens is 1. The normalized spacial score (nSPS) is 25.9. The van der Waals surface area contributed by atoms with E-state index < -0.39 is 18.6 Å². The number of hydrogen-bond donors (Lipinski definition) is 1. The van der Waals surface area contributed by atoms with Gasteiger partial charge in [-0.15, -0.1) is 8.78 Å². The number of hydrogen-bond acceptors (Lipinski definition) is 4. The summed E-state index contributed by atoms with van der Waals surface area (Å²) < 4.78 is 36.1. The SMILES string of the molecule is Cc1ccc(NC2CC=CC(C)OC(F)(F)O2)nc1C. The third-order valence-corrected chi connectivity index (χ3v) is 3.02. The fourth-order valence-corrected chi connectivity index (χ4v) is 1.86. The lowest BCUT2D eigenvalue weighted by Crippen LogP contribution is -2.38. The Kier molecular flexibility index (Phi) is 4.35. The molecule has 0 amide bonds. The molecule has 0 saturated heterocycles. The lowest BCUT2D eigenvalue weighted by atomic mass is 10.2. The first-order chi connectivity index (χ1) is 9.35. The van der Waals surface area contributed by atoms with E-state index in [-0.39, 0.29) is 0 Å². The van der Waals surface area contributed by atoms with Gasteiger partial charge in [-0.2, -0.15) is 0 Å². The minimum absolute atomic E-state index is 0.303. The number of nitrogens with one attached hydrogen (secondary N) is 1. The minimum Gasteiger partial charge on any atom is -0.344 e. The summed E-state index contributed by atoms with van der Waals surface area (Å²) in [4.78, 5) is 4.28. The first kappa shape index (κ1) is 14.9. The van der Waals surface area contributed by atoms with Gasteiger partial charge in [0.25, 0.3) is 0 Å². The van der Waals surface area contributed by atoms with Gasteiger partial charge in [0.1, 0.15) is 12.0 Å². The molecule has 0 fully saturated rings. The second-order valence-corrected chi connectivity index (χ2v) is 4.80. The first-order valence-corrected chi connectivity index (χ1v) is 6.46. The molecule has 0 saturated carbocycles. The number of aryl methyl sites for hydroxylation is 2. The molecule has 1 aromatic heterocycles. The molecule has 2 atom stereocenters. The fourth-order valence-electron chi connectivity index (χ4n) is 1.86. The maximum absolute atomic E-state index is 13.5. The summed E-state index contributed by atoms with van der Waals surface area (Å²) >= 11 is 0. The third kappa shape index (κ3) is 3.98. The van der Waals surface area contributed by atoms with Crippen molar-refractivity contribution in [2.24, 2.45) is 0 Å². The van der Waals surface area contributed by atoms with Gasteiger partial charge in [-0.3, -0.25) is 9.47 Å². The average molecular weight is 284 g/mol. The summed E-state index contributed by atoms with van der Waals surface area (Å²) in [6.07, 6.45) is -1.58. The fraction of sp³-hybridized carbons (Fsp3) is 0.500. The molecule has 110 valence electrons. The Hall–Kier alpha value is -1.53. The summed E-state index contributed by atoms with van der Waals surface area (Å²) in [6, 6.07) is 3.61. The predicted molar refractivity (Wildman–Crippen MR) is 71.5 cm³/mol. The molecular weight excluding hydrogens is 266 g/mol. The topological polar surface area (TPSA) is 43.4 Å². The Labute approximate surface area is 116 Å². The van der Waals surface area contributed by atoms with Crippen LogP contribution >= 0.6 is 0 Å². The summed E-state index contributed by atoms with van der Waals surface area (Å²) in [5.41, 5.74) is 1.88. The van der Waals surface area contributed by atoms with E-state index in [1.165, 1.54) is 6.92 Å². The van der Waals surface area contributed by atoms with Gasteiger partial charge in [0.2, 0.25) is 0 Å². The Balaban J connectivity index is 2.10. The molecule has 2 unspecified atom stereocenters. The highest BCUT2D eigenvalue weighted by Gasteiger charge is 2.38. The number of pyridine rings is 1. The molecule has 0 bridgehead atoms. The van der Waals surface area contributed by atoms with Gasteiger partial charge >= 0.3 is 6.29 Å². The van der Waals surface area contributed by atoms with Crippen molar-refractivity contribution in [2.45, 2.75) is 45.8 Å². The zero-order valence-corrected chi connectivity index (χ0v) is 11.7. The van der Waals surface area contributed by atoms with Gasteiger partial charge in [-0.1, -0.05) is 18.2 Å². The molecule has 0 aromatic carbocycles. The molecule has 2 heterocycles. The predicted octanol–water partition coefficient (Wildman–Crippen LogP) is 3.37. The standard InChI is InChI=1S/C14H18F2N2O2/c1-9-7-8-12(17-11(9)3)18-13-6-4-5-10(2)19-14(15,16)20-13/h4-5,7-8,10,13H,6H2,1-3H3,(H,17,18). The second-order valence-electron chi connectivity index (χ2n) is 4.80. The van der Waals surface area contributed by atoms with E-state index in [4.69, 9.17) is 0 Å². The zero-order chi connectivity index (χ0) is 14.8. The lowest BCUT2D eigenvalue weighted by Gasteiger charge is -2.27. The lowest BCUT2D eigenvalue weighted by molar-refractivity contribution is -0.411. The van der Waals surface area contributed by atoms with Gasteiger partial charge in [0.05, 0.1) is 6.10 Å². The summed E-state index contributed by atoms with van der Waals surface area (Å²) in [6.45, 7) is 5.33. The highest BCUT2D eigenvalue weighted by molar-refractivity contribution is 5.38. The van der Waals surface area contributed by atoms with Crippen LogP contribution in [0.3, 0.4) is 0 Å². The Morgan fingerprint density at radius 2 is 2.05 bits per heavy atom. The highest BCUT2D eigenvalue weighted by atomic mass is 19.3. The molecule has 4 nitrogen and oxygen atoms in total. The van der Waals surface area contributed by atoms with Gasteiger partial charge in [-0.05, 0) is 32.4 Å². The Morgan fingerprint density at radius 1 is 1.30 bits per heavy atom. The maximum Gasteiger partial charge on any atom is 0.487 e. The molecule has 0 radical (unpaired) electrons. The van der Waals surface area contributed by atoms with Crippen molar-refractivity contribution >= 4 is 5.82 Å². The molecule has 1 aliphatic heterocycles. The molecule has 20 heavy (non-hydrogen) atoms. The number of anilines is 1. The monoisotopic (exact) mass is 284 g/mol. The van der Waals surface area contributed by atoms with E-state index in [0.29, 0.717) is 12.2 Å². The zero-order valence-electron chi connectivity index (χ0n) is 11.7. The number of rotatable bonds is 2. The van der Waals surface area contributed by atoms with Crippen molar-refractivity contribution in [3.8, 4) is 0 Å². The number of alkyl halides is 2. The molecule has 0 spiro atoms. The van der Waals surface area contributed by atoms with E-state index in [1.807, 2.05) is 19.9 Å². The number of nitrogens with zero attached hydrogens (tertiary/aromatic N) is 1. The molecule has 2 rings (SSSR count). The van der Waals surface area contributed by atoms with Crippen LogP contribution in [0, 0.1) is 13.8 Å². The van der Waals surface area contributed by atoms with Crippen LogP contribution in [0.25, 0.3) is 0 Å². The van der Waals surface area contributed by atoms with Crippen molar-refractivity contribution in [1.82, 2.24) is 4.98 Å². The summed E-state index contributed by atoms with van der Waals surface area (Å²) in [5, 5.41) is 2.84. The largest absolute Gasteiger partial charge is 0.487 e. The Morgan fingerprint density at radius 3 is 2.75 bits per heavy atom. The van der Waals surface area contributed by atoms with Crippen LogP contribution in [-0.4, -0.2) is 23.6 Å². The van der Waals surface area contributed by atoms with Gasteiger partial charge < -0.3 is 5.32 Å². The van der Waals surface area contributed by atoms with Crippen molar-refractivity contribution in [3.63, 3.8) is 0 Å². The van der Waals surface area contributed by atoms with Crippen LogP contribution in [0.4, 0.5) is 14.6 Å².